The van der Waals surface area contributed by atoms with Gasteiger partial charge >= 0.3 is 5.97 Å². The first-order valence-corrected chi connectivity index (χ1v) is 6.10. The Morgan fingerprint density at radius 1 is 1.42 bits per heavy atom. The van der Waals surface area contributed by atoms with Gasteiger partial charge in [0.15, 0.2) is 5.82 Å². The summed E-state index contributed by atoms with van der Waals surface area (Å²) in [4.78, 5) is 10.9. The van der Waals surface area contributed by atoms with Crippen molar-refractivity contribution in [3.63, 3.8) is 0 Å². The number of aromatic nitrogens is 4. The van der Waals surface area contributed by atoms with Crippen LogP contribution in [0.2, 0.25) is 0 Å². The summed E-state index contributed by atoms with van der Waals surface area (Å²) in [5.41, 5.74) is 2.31. The molecule has 1 heterocycles. The summed E-state index contributed by atoms with van der Waals surface area (Å²) in [5.74, 6) is -0.682. The van der Waals surface area contributed by atoms with Crippen LogP contribution >= 0.6 is 0 Å². The Morgan fingerprint density at radius 3 is 2.84 bits per heavy atom. The van der Waals surface area contributed by atoms with Gasteiger partial charge in [0.2, 0.25) is 0 Å². The van der Waals surface area contributed by atoms with E-state index in [2.05, 4.69) is 15.5 Å². The van der Waals surface area contributed by atoms with Crippen molar-refractivity contribution >= 4 is 5.97 Å². The van der Waals surface area contributed by atoms with Crippen LogP contribution in [0.3, 0.4) is 0 Å². The zero-order chi connectivity index (χ0) is 13.8. The summed E-state index contributed by atoms with van der Waals surface area (Å²) in [7, 11) is 0. The highest BCUT2D eigenvalue weighted by Crippen LogP contribution is 2.12. The second kappa shape index (κ2) is 5.60. The molecule has 6 heteroatoms. The summed E-state index contributed by atoms with van der Waals surface area (Å²) >= 11 is 0. The van der Waals surface area contributed by atoms with Crippen LogP contribution in [0.1, 0.15) is 23.9 Å². The molecule has 0 bridgehead atoms. The van der Waals surface area contributed by atoms with E-state index in [1.54, 1.807) is 11.6 Å². The molecular formula is C13H16N4O2. The minimum atomic E-state index is -0.850. The maximum Gasteiger partial charge on any atom is 0.308 e. The zero-order valence-electron chi connectivity index (χ0n) is 10.9. The van der Waals surface area contributed by atoms with Crippen molar-refractivity contribution in [2.24, 2.45) is 5.92 Å². The number of carboxylic acids is 1. The van der Waals surface area contributed by atoms with Crippen molar-refractivity contribution in [2.45, 2.75) is 26.8 Å². The first-order valence-electron chi connectivity index (χ1n) is 6.10. The van der Waals surface area contributed by atoms with Crippen molar-refractivity contribution in [3.8, 4) is 0 Å². The number of benzene rings is 1. The SMILES string of the molecule is Cc1ccccc1Cc1nnnn1CC(C)C(=O)O. The Hall–Kier alpha value is -2.24. The molecule has 0 amide bonds. The molecule has 2 aromatic rings. The minimum Gasteiger partial charge on any atom is -0.481 e. The molecule has 1 atom stereocenters. The molecule has 0 saturated carbocycles. The van der Waals surface area contributed by atoms with E-state index < -0.39 is 11.9 Å². The van der Waals surface area contributed by atoms with Gasteiger partial charge in [0.25, 0.3) is 0 Å². The summed E-state index contributed by atoms with van der Waals surface area (Å²) < 4.78 is 1.56. The normalized spacial score (nSPS) is 12.3. The minimum absolute atomic E-state index is 0.281. The number of aryl methyl sites for hydroxylation is 1. The Kier molecular flexibility index (Phi) is 3.89. The van der Waals surface area contributed by atoms with Gasteiger partial charge in [0.1, 0.15) is 0 Å². The second-order valence-corrected chi connectivity index (χ2v) is 4.62. The van der Waals surface area contributed by atoms with Crippen LogP contribution in [0.15, 0.2) is 24.3 Å². The molecular weight excluding hydrogens is 244 g/mol. The van der Waals surface area contributed by atoms with Gasteiger partial charge in [-0.15, -0.1) is 5.10 Å². The molecule has 0 radical (unpaired) electrons. The highest BCUT2D eigenvalue weighted by atomic mass is 16.4. The maximum absolute atomic E-state index is 10.9. The van der Waals surface area contributed by atoms with Gasteiger partial charge in [-0.1, -0.05) is 31.2 Å². The number of nitrogens with zero attached hydrogens (tertiary/aromatic N) is 4. The smallest absolute Gasteiger partial charge is 0.308 e. The van der Waals surface area contributed by atoms with Gasteiger partial charge in [0.05, 0.1) is 12.5 Å². The molecule has 1 N–H and O–H groups in total. The van der Waals surface area contributed by atoms with E-state index in [1.165, 1.54) is 5.56 Å². The second-order valence-electron chi connectivity index (χ2n) is 4.62. The predicted octanol–water partition coefficient (Wildman–Crippen LogP) is 1.29. The molecule has 0 saturated heterocycles. The lowest BCUT2D eigenvalue weighted by Crippen LogP contribution is -2.19. The molecule has 0 fully saturated rings. The fourth-order valence-electron chi connectivity index (χ4n) is 1.81. The van der Waals surface area contributed by atoms with E-state index >= 15 is 0 Å². The van der Waals surface area contributed by atoms with E-state index in [0.29, 0.717) is 12.2 Å². The molecule has 0 aliphatic heterocycles. The van der Waals surface area contributed by atoms with E-state index in [0.717, 1.165) is 5.56 Å². The lowest BCUT2D eigenvalue weighted by atomic mass is 10.1. The monoisotopic (exact) mass is 260 g/mol. The molecule has 6 nitrogen and oxygen atoms in total. The van der Waals surface area contributed by atoms with Crippen molar-refractivity contribution in [3.05, 3.63) is 41.2 Å². The van der Waals surface area contributed by atoms with Crippen molar-refractivity contribution in [2.75, 3.05) is 0 Å². The molecule has 0 spiro atoms. The Morgan fingerprint density at radius 2 is 2.16 bits per heavy atom. The molecule has 0 aliphatic carbocycles. The average molecular weight is 260 g/mol. The van der Waals surface area contributed by atoms with Gasteiger partial charge in [-0.3, -0.25) is 4.79 Å². The quantitative estimate of drug-likeness (QED) is 0.876. The van der Waals surface area contributed by atoms with Gasteiger partial charge < -0.3 is 5.11 Å². The molecule has 2 rings (SSSR count). The van der Waals surface area contributed by atoms with E-state index in [9.17, 15) is 4.79 Å². The highest BCUT2D eigenvalue weighted by Gasteiger charge is 2.16. The van der Waals surface area contributed by atoms with Gasteiger partial charge in [-0.05, 0) is 28.5 Å². The lowest BCUT2D eigenvalue weighted by molar-refractivity contribution is -0.141. The van der Waals surface area contributed by atoms with Crippen LogP contribution < -0.4 is 0 Å². The fraction of sp³-hybridized carbons (Fsp3) is 0.385. The number of aliphatic carboxylic acids is 1. The van der Waals surface area contributed by atoms with E-state index in [1.807, 2.05) is 31.2 Å². The van der Waals surface area contributed by atoms with Crippen LogP contribution in [-0.2, 0) is 17.8 Å². The Labute approximate surface area is 111 Å². The highest BCUT2D eigenvalue weighted by molar-refractivity contribution is 5.69. The summed E-state index contributed by atoms with van der Waals surface area (Å²) in [6.45, 7) is 3.95. The first kappa shape index (κ1) is 13.2. The van der Waals surface area contributed by atoms with Crippen LogP contribution in [0.4, 0.5) is 0 Å². The van der Waals surface area contributed by atoms with Gasteiger partial charge in [-0.25, -0.2) is 4.68 Å². The molecule has 1 aromatic carbocycles. The number of carboxylic acid groups (broad SMARTS) is 1. The molecule has 100 valence electrons. The molecule has 19 heavy (non-hydrogen) atoms. The van der Waals surface area contributed by atoms with E-state index in [4.69, 9.17) is 5.11 Å². The van der Waals surface area contributed by atoms with Gasteiger partial charge in [-0.2, -0.15) is 0 Å². The van der Waals surface area contributed by atoms with Crippen LogP contribution in [0, 0.1) is 12.8 Å². The number of tetrazole rings is 1. The number of rotatable bonds is 5. The topological polar surface area (TPSA) is 80.9 Å². The molecule has 0 aliphatic rings. The number of hydrogen-bond donors (Lipinski definition) is 1. The Bertz CT molecular complexity index is 580. The first-order chi connectivity index (χ1) is 9.08. The summed E-state index contributed by atoms with van der Waals surface area (Å²) in [6, 6.07) is 8.00. The Balaban J connectivity index is 2.16. The standard InChI is InChI=1S/C13H16N4O2/c1-9-5-3-4-6-11(9)7-12-14-15-16-17(12)8-10(2)13(18)19/h3-6,10H,7-8H2,1-2H3,(H,18,19). The van der Waals surface area contributed by atoms with Crippen LogP contribution in [0.25, 0.3) is 0 Å². The van der Waals surface area contributed by atoms with Crippen LogP contribution in [-0.4, -0.2) is 31.3 Å². The van der Waals surface area contributed by atoms with Crippen molar-refractivity contribution < 1.29 is 9.90 Å². The largest absolute Gasteiger partial charge is 0.481 e. The molecule has 1 unspecified atom stereocenters. The number of hydrogen-bond acceptors (Lipinski definition) is 4. The zero-order valence-corrected chi connectivity index (χ0v) is 10.9. The average Bonchev–Trinajstić information content (AvgIpc) is 2.79. The number of carbonyl (C=O) groups is 1. The maximum atomic E-state index is 10.9. The third kappa shape index (κ3) is 3.15. The van der Waals surface area contributed by atoms with Gasteiger partial charge in [0, 0.05) is 6.42 Å². The third-order valence-electron chi connectivity index (χ3n) is 3.08. The third-order valence-corrected chi connectivity index (χ3v) is 3.08. The predicted molar refractivity (Wildman–Crippen MR) is 68.6 cm³/mol. The fourth-order valence-corrected chi connectivity index (χ4v) is 1.81. The van der Waals surface area contributed by atoms with Crippen LogP contribution in [0.5, 0.6) is 0 Å². The lowest BCUT2D eigenvalue weighted by Gasteiger charge is -2.09. The molecule has 1 aromatic heterocycles. The van der Waals surface area contributed by atoms with E-state index in [-0.39, 0.29) is 6.54 Å². The van der Waals surface area contributed by atoms with Crippen molar-refractivity contribution in [1.29, 1.82) is 0 Å². The summed E-state index contributed by atoms with van der Waals surface area (Å²) in [5, 5.41) is 20.4. The summed E-state index contributed by atoms with van der Waals surface area (Å²) in [6.07, 6.45) is 0.603. The van der Waals surface area contributed by atoms with Crippen molar-refractivity contribution in [1.82, 2.24) is 20.2 Å².